The van der Waals surface area contributed by atoms with Crippen molar-refractivity contribution in [3.8, 4) is 11.5 Å². The Bertz CT molecular complexity index is 561. The van der Waals surface area contributed by atoms with Gasteiger partial charge in [-0.05, 0) is 37.0 Å². The molecule has 1 N–H and O–H groups in total. The second kappa shape index (κ2) is 6.84. The van der Waals surface area contributed by atoms with Crippen molar-refractivity contribution < 1.29 is 14.3 Å². The molecule has 0 fully saturated rings. The Morgan fingerprint density at radius 3 is 2.60 bits per heavy atom. The van der Waals surface area contributed by atoms with Gasteiger partial charge in [-0.2, -0.15) is 0 Å². The average Bonchev–Trinajstić information content (AvgIpc) is 2.92. The van der Waals surface area contributed by atoms with Gasteiger partial charge in [0.15, 0.2) is 0 Å². The summed E-state index contributed by atoms with van der Waals surface area (Å²) in [7, 11) is 0. The monoisotopic (exact) mass is 274 g/mol. The molecule has 0 unspecified atom stereocenters. The molecule has 5 nitrogen and oxygen atoms in total. The van der Waals surface area contributed by atoms with Gasteiger partial charge in [0, 0.05) is 18.4 Å². The molecule has 0 amide bonds. The minimum atomic E-state index is -0.771. The zero-order valence-electron chi connectivity index (χ0n) is 11.5. The van der Waals surface area contributed by atoms with E-state index in [9.17, 15) is 4.79 Å². The molecule has 1 aromatic carbocycles. The fourth-order valence-corrected chi connectivity index (χ4v) is 1.91. The molecule has 0 atom stereocenters. The average molecular weight is 274 g/mol. The topological polar surface area (TPSA) is 76.2 Å². The number of carboxylic acids is 1. The van der Waals surface area contributed by atoms with E-state index in [-0.39, 0.29) is 6.42 Å². The number of hydrogen-bond donors (Lipinski definition) is 1. The molecule has 0 bridgehead atoms. The molecular formula is C15H18N2O3. The third kappa shape index (κ3) is 3.91. The van der Waals surface area contributed by atoms with Gasteiger partial charge in [0.2, 0.25) is 11.8 Å². The number of unbranched alkanes of at least 4 members (excludes halogenated alkanes) is 1. The highest BCUT2D eigenvalue weighted by molar-refractivity contribution is 5.66. The predicted octanol–water partition coefficient (Wildman–Crippen LogP) is 3.10. The van der Waals surface area contributed by atoms with Crippen LogP contribution in [-0.4, -0.2) is 21.3 Å². The number of aryl methyl sites for hydroxylation is 2. The molecular weight excluding hydrogens is 256 g/mol. The highest BCUT2D eigenvalue weighted by Crippen LogP contribution is 2.19. The Balaban J connectivity index is 1.92. The van der Waals surface area contributed by atoms with Crippen molar-refractivity contribution in [2.24, 2.45) is 0 Å². The number of benzene rings is 1. The standard InChI is InChI=1S/C15H18N2O3/c1-2-11-7-9-12(10-8-11)15-17-16-13(20-15)5-3-4-6-14(18)19/h7-10H,2-6H2,1H3,(H,18,19). The maximum atomic E-state index is 10.4. The van der Waals surface area contributed by atoms with E-state index < -0.39 is 5.97 Å². The third-order valence-corrected chi connectivity index (χ3v) is 3.11. The van der Waals surface area contributed by atoms with E-state index in [1.807, 2.05) is 24.3 Å². The van der Waals surface area contributed by atoms with Crippen molar-refractivity contribution in [3.63, 3.8) is 0 Å². The van der Waals surface area contributed by atoms with Gasteiger partial charge in [0.25, 0.3) is 0 Å². The van der Waals surface area contributed by atoms with E-state index in [2.05, 4.69) is 17.1 Å². The summed E-state index contributed by atoms with van der Waals surface area (Å²) in [5, 5.41) is 16.6. The van der Waals surface area contributed by atoms with Gasteiger partial charge in [0.1, 0.15) is 0 Å². The fourth-order valence-electron chi connectivity index (χ4n) is 1.91. The molecule has 2 aromatic rings. The molecule has 0 aliphatic heterocycles. The molecule has 0 saturated heterocycles. The number of carboxylic acid groups (broad SMARTS) is 1. The number of aromatic nitrogens is 2. The molecule has 1 heterocycles. The molecule has 0 saturated carbocycles. The Labute approximate surface area is 117 Å². The molecule has 5 heteroatoms. The van der Waals surface area contributed by atoms with Crippen molar-refractivity contribution in [1.29, 1.82) is 0 Å². The van der Waals surface area contributed by atoms with Crippen LogP contribution >= 0.6 is 0 Å². The molecule has 2 rings (SSSR count). The van der Waals surface area contributed by atoms with Gasteiger partial charge in [-0.1, -0.05) is 19.1 Å². The van der Waals surface area contributed by atoms with Crippen LogP contribution in [0.3, 0.4) is 0 Å². The lowest BCUT2D eigenvalue weighted by atomic mass is 10.1. The van der Waals surface area contributed by atoms with Crippen LogP contribution in [-0.2, 0) is 17.6 Å². The number of nitrogens with zero attached hydrogens (tertiary/aromatic N) is 2. The molecule has 0 spiro atoms. The van der Waals surface area contributed by atoms with Crippen LogP contribution in [0.4, 0.5) is 0 Å². The first kappa shape index (κ1) is 14.2. The summed E-state index contributed by atoms with van der Waals surface area (Å²) in [5.74, 6) is 0.304. The molecule has 0 aliphatic rings. The minimum Gasteiger partial charge on any atom is -0.481 e. The molecule has 20 heavy (non-hydrogen) atoms. The second-order valence-electron chi connectivity index (χ2n) is 4.65. The number of rotatable bonds is 7. The summed E-state index contributed by atoms with van der Waals surface area (Å²) in [4.78, 5) is 10.4. The van der Waals surface area contributed by atoms with Gasteiger partial charge in [0.05, 0.1) is 0 Å². The zero-order chi connectivity index (χ0) is 14.4. The highest BCUT2D eigenvalue weighted by atomic mass is 16.4. The largest absolute Gasteiger partial charge is 0.481 e. The lowest BCUT2D eigenvalue weighted by Gasteiger charge is -1.98. The van der Waals surface area contributed by atoms with Crippen molar-refractivity contribution >= 4 is 5.97 Å². The van der Waals surface area contributed by atoms with Gasteiger partial charge < -0.3 is 9.52 Å². The van der Waals surface area contributed by atoms with E-state index in [0.29, 0.717) is 24.6 Å². The summed E-state index contributed by atoms with van der Waals surface area (Å²) in [6, 6.07) is 8.04. The number of aliphatic carboxylic acids is 1. The fraction of sp³-hybridized carbons (Fsp3) is 0.400. The van der Waals surface area contributed by atoms with Crippen LogP contribution in [0.25, 0.3) is 11.5 Å². The first-order valence-corrected chi connectivity index (χ1v) is 6.82. The number of carbonyl (C=O) groups is 1. The van der Waals surface area contributed by atoms with E-state index in [0.717, 1.165) is 18.4 Å². The molecule has 0 radical (unpaired) electrons. The molecule has 1 aromatic heterocycles. The Morgan fingerprint density at radius 1 is 1.20 bits per heavy atom. The van der Waals surface area contributed by atoms with E-state index in [1.165, 1.54) is 5.56 Å². The van der Waals surface area contributed by atoms with Crippen molar-refractivity contribution in [2.45, 2.75) is 39.0 Å². The van der Waals surface area contributed by atoms with E-state index >= 15 is 0 Å². The van der Waals surface area contributed by atoms with Crippen molar-refractivity contribution in [1.82, 2.24) is 10.2 Å². The van der Waals surface area contributed by atoms with Crippen LogP contribution in [0.15, 0.2) is 28.7 Å². The quantitative estimate of drug-likeness (QED) is 0.785. The summed E-state index contributed by atoms with van der Waals surface area (Å²) < 4.78 is 5.58. The highest BCUT2D eigenvalue weighted by Gasteiger charge is 2.08. The normalized spacial score (nSPS) is 10.7. The Hall–Kier alpha value is -2.17. The van der Waals surface area contributed by atoms with Crippen molar-refractivity contribution in [2.75, 3.05) is 0 Å². The first-order valence-electron chi connectivity index (χ1n) is 6.82. The summed E-state index contributed by atoms with van der Waals surface area (Å²) in [5.41, 5.74) is 2.17. The van der Waals surface area contributed by atoms with Crippen LogP contribution in [0, 0.1) is 0 Å². The molecule has 106 valence electrons. The maximum absolute atomic E-state index is 10.4. The number of hydrogen-bond acceptors (Lipinski definition) is 4. The second-order valence-corrected chi connectivity index (χ2v) is 4.65. The summed E-state index contributed by atoms with van der Waals surface area (Å²) in [6.45, 7) is 2.11. The Morgan fingerprint density at radius 2 is 1.95 bits per heavy atom. The minimum absolute atomic E-state index is 0.180. The van der Waals surface area contributed by atoms with Gasteiger partial charge >= 0.3 is 5.97 Å². The lowest BCUT2D eigenvalue weighted by Crippen LogP contribution is -1.95. The smallest absolute Gasteiger partial charge is 0.303 e. The van der Waals surface area contributed by atoms with Crippen LogP contribution in [0.2, 0.25) is 0 Å². The van der Waals surface area contributed by atoms with E-state index in [1.54, 1.807) is 0 Å². The van der Waals surface area contributed by atoms with Crippen LogP contribution in [0.1, 0.15) is 37.6 Å². The SMILES string of the molecule is CCc1ccc(-c2nnc(CCCCC(=O)O)o2)cc1. The first-order chi connectivity index (χ1) is 9.69. The van der Waals surface area contributed by atoms with Gasteiger partial charge in [-0.3, -0.25) is 4.79 Å². The maximum Gasteiger partial charge on any atom is 0.303 e. The van der Waals surface area contributed by atoms with Crippen LogP contribution < -0.4 is 0 Å². The van der Waals surface area contributed by atoms with Crippen molar-refractivity contribution in [3.05, 3.63) is 35.7 Å². The zero-order valence-corrected chi connectivity index (χ0v) is 11.5. The van der Waals surface area contributed by atoms with E-state index in [4.69, 9.17) is 9.52 Å². The van der Waals surface area contributed by atoms with Crippen LogP contribution in [0.5, 0.6) is 0 Å². The van der Waals surface area contributed by atoms with Gasteiger partial charge in [-0.15, -0.1) is 10.2 Å². The Kier molecular flexibility index (Phi) is 4.87. The molecule has 0 aliphatic carbocycles. The third-order valence-electron chi connectivity index (χ3n) is 3.11. The lowest BCUT2D eigenvalue weighted by molar-refractivity contribution is -0.137. The summed E-state index contributed by atoms with van der Waals surface area (Å²) in [6.07, 6.45) is 3.16. The predicted molar refractivity (Wildman–Crippen MR) is 74.3 cm³/mol. The summed E-state index contributed by atoms with van der Waals surface area (Å²) >= 11 is 0. The van der Waals surface area contributed by atoms with Gasteiger partial charge in [-0.25, -0.2) is 0 Å².